The molecule has 0 aromatic heterocycles. The van der Waals surface area contributed by atoms with Gasteiger partial charge in [-0.1, -0.05) is 42.5 Å². The normalized spacial score (nSPS) is 15.8. The molecule has 0 amide bonds. The molecule has 2 aromatic carbocycles. The van der Waals surface area contributed by atoms with Crippen molar-refractivity contribution in [2.45, 2.75) is 33.0 Å². The summed E-state index contributed by atoms with van der Waals surface area (Å²) in [7, 11) is 2.20. The molecule has 170 valence electrons. The number of likely N-dealkylation sites (N-methyl/N-ethyl adjacent to an activating group) is 1. The number of hydrogen-bond donors (Lipinski definition) is 2. The number of aliphatic imine (C=N–C) groups is 1. The van der Waals surface area contributed by atoms with E-state index in [1.165, 1.54) is 24.6 Å². The molecule has 0 spiro atoms. The quantitative estimate of drug-likeness (QED) is 0.319. The molecule has 0 unspecified atom stereocenters. The van der Waals surface area contributed by atoms with Crippen molar-refractivity contribution < 1.29 is 4.39 Å². The molecule has 5 nitrogen and oxygen atoms in total. The largest absolute Gasteiger partial charge is 0.357 e. The van der Waals surface area contributed by atoms with Gasteiger partial charge in [0, 0.05) is 38.3 Å². The molecular formula is C24H35FIN5. The second kappa shape index (κ2) is 13.6. The van der Waals surface area contributed by atoms with E-state index in [-0.39, 0.29) is 29.8 Å². The zero-order chi connectivity index (χ0) is 21.2. The molecule has 0 bridgehead atoms. The first-order chi connectivity index (χ1) is 14.6. The van der Waals surface area contributed by atoms with Crippen molar-refractivity contribution >= 4 is 29.9 Å². The van der Waals surface area contributed by atoms with Gasteiger partial charge in [0.05, 0.1) is 6.54 Å². The molecule has 1 aliphatic heterocycles. The van der Waals surface area contributed by atoms with E-state index in [4.69, 9.17) is 0 Å². The maximum absolute atomic E-state index is 13.8. The molecule has 1 saturated heterocycles. The lowest BCUT2D eigenvalue weighted by molar-refractivity contribution is 0.269. The first-order valence-electron chi connectivity index (χ1n) is 10.9. The Bertz CT molecular complexity index is 812. The van der Waals surface area contributed by atoms with Crippen LogP contribution < -0.4 is 10.6 Å². The van der Waals surface area contributed by atoms with Crippen molar-refractivity contribution in [3.8, 4) is 0 Å². The molecule has 2 N–H and O–H groups in total. The van der Waals surface area contributed by atoms with E-state index in [2.05, 4.69) is 56.7 Å². The minimum atomic E-state index is -0.201. The summed E-state index contributed by atoms with van der Waals surface area (Å²) in [6.07, 6.45) is 1.23. The van der Waals surface area contributed by atoms with Crippen LogP contribution in [0.25, 0.3) is 0 Å². The fourth-order valence-corrected chi connectivity index (χ4v) is 3.60. The van der Waals surface area contributed by atoms with Crippen molar-refractivity contribution in [2.24, 2.45) is 4.99 Å². The van der Waals surface area contributed by atoms with E-state index in [1.807, 2.05) is 13.0 Å². The second-order valence-electron chi connectivity index (χ2n) is 7.89. The molecule has 31 heavy (non-hydrogen) atoms. The lowest BCUT2D eigenvalue weighted by atomic mass is 10.1. The van der Waals surface area contributed by atoms with E-state index in [0.29, 0.717) is 24.6 Å². The summed E-state index contributed by atoms with van der Waals surface area (Å²) in [5.41, 5.74) is 3.14. The maximum atomic E-state index is 13.8. The monoisotopic (exact) mass is 539 g/mol. The van der Waals surface area contributed by atoms with E-state index < -0.39 is 0 Å². The van der Waals surface area contributed by atoms with E-state index >= 15 is 0 Å². The summed E-state index contributed by atoms with van der Waals surface area (Å²) in [6, 6.07) is 15.5. The summed E-state index contributed by atoms with van der Waals surface area (Å²) in [5.74, 6) is 0.492. The maximum Gasteiger partial charge on any atom is 0.191 e. The van der Waals surface area contributed by atoms with Crippen LogP contribution in [-0.2, 0) is 19.6 Å². The fraction of sp³-hybridized carbons (Fsp3) is 0.458. The SMILES string of the molecule is CCNC(=NCc1ccc(CN2CCCN(C)CC2)cc1)NCc1ccccc1F.I. The minimum Gasteiger partial charge on any atom is -0.357 e. The Morgan fingerprint density at radius 2 is 1.71 bits per heavy atom. The van der Waals surface area contributed by atoms with Gasteiger partial charge in [-0.05, 0) is 50.7 Å². The van der Waals surface area contributed by atoms with Crippen LogP contribution in [0.2, 0.25) is 0 Å². The highest BCUT2D eigenvalue weighted by Gasteiger charge is 2.12. The average molecular weight is 539 g/mol. The summed E-state index contributed by atoms with van der Waals surface area (Å²) in [6.45, 7) is 9.39. The third-order valence-corrected chi connectivity index (χ3v) is 5.41. The van der Waals surface area contributed by atoms with Gasteiger partial charge in [-0.2, -0.15) is 0 Å². The van der Waals surface area contributed by atoms with Gasteiger partial charge in [-0.25, -0.2) is 9.38 Å². The molecule has 1 aliphatic rings. The summed E-state index contributed by atoms with van der Waals surface area (Å²) in [5, 5.41) is 6.43. The van der Waals surface area contributed by atoms with Gasteiger partial charge in [0.1, 0.15) is 5.82 Å². The lowest BCUT2D eigenvalue weighted by Gasteiger charge is -2.20. The van der Waals surface area contributed by atoms with Crippen molar-refractivity contribution in [3.63, 3.8) is 0 Å². The van der Waals surface area contributed by atoms with Gasteiger partial charge in [-0.15, -0.1) is 24.0 Å². The van der Waals surface area contributed by atoms with Gasteiger partial charge in [0.15, 0.2) is 5.96 Å². The number of guanidine groups is 1. The second-order valence-corrected chi connectivity index (χ2v) is 7.89. The molecule has 1 heterocycles. The molecule has 3 rings (SSSR count). The Kier molecular flexibility index (Phi) is 11.2. The van der Waals surface area contributed by atoms with E-state index in [1.54, 1.807) is 12.1 Å². The third-order valence-electron chi connectivity index (χ3n) is 5.41. The molecule has 7 heteroatoms. The zero-order valence-corrected chi connectivity index (χ0v) is 20.9. The highest BCUT2D eigenvalue weighted by atomic mass is 127. The van der Waals surface area contributed by atoms with Gasteiger partial charge in [-0.3, -0.25) is 4.90 Å². The first kappa shape index (κ1) is 25.5. The smallest absolute Gasteiger partial charge is 0.191 e. The number of nitrogens with zero attached hydrogens (tertiary/aromatic N) is 3. The fourth-order valence-electron chi connectivity index (χ4n) is 3.60. The number of nitrogens with one attached hydrogen (secondary N) is 2. The van der Waals surface area contributed by atoms with Crippen LogP contribution in [0.1, 0.15) is 30.0 Å². The number of halogens is 2. The van der Waals surface area contributed by atoms with Crippen molar-refractivity contribution in [3.05, 3.63) is 71.0 Å². The van der Waals surface area contributed by atoms with Crippen LogP contribution >= 0.6 is 24.0 Å². The molecule has 0 saturated carbocycles. The van der Waals surface area contributed by atoms with Crippen LogP contribution in [0, 0.1) is 5.82 Å². The molecule has 0 aliphatic carbocycles. The van der Waals surface area contributed by atoms with Crippen LogP contribution in [0.15, 0.2) is 53.5 Å². The lowest BCUT2D eigenvalue weighted by Crippen LogP contribution is -2.37. The van der Waals surface area contributed by atoms with Crippen LogP contribution in [0.5, 0.6) is 0 Å². The van der Waals surface area contributed by atoms with Gasteiger partial charge in [0.25, 0.3) is 0 Å². The summed E-state index contributed by atoms with van der Waals surface area (Å²) in [4.78, 5) is 9.59. The molecule has 2 aromatic rings. The van der Waals surface area contributed by atoms with Crippen molar-refractivity contribution in [1.29, 1.82) is 0 Å². The van der Waals surface area contributed by atoms with Crippen LogP contribution in [0.4, 0.5) is 4.39 Å². The van der Waals surface area contributed by atoms with E-state index in [0.717, 1.165) is 38.3 Å². The molecular weight excluding hydrogens is 504 g/mol. The number of benzene rings is 2. The number of rotatable bonds is 7. The molecule has 1 fully saturated rings. The average Bonchev–Trinajstić information content (AvgIpc) is 2.96. The van der Waals surface area contributed by atoms with E-state index in [9.17, 15) is 4.39 Å². The van der Waals surface area contributed by atoms with Crippen LogP contribution in [0.3, 0.4) is 0 Å². The predicted octanol–water partition coefficient (Wildman–Crippen LogP) is 3.84. The molecule has 0 atom stereocenters. The summed E-state index contributed by atoms with van der Waals surface area (Å²) < 4.78 is 13.8. The highest BCUT2D eigenvalue weighted by molar-refractivity contribution is 14.0. The Morgan fingerprint density at radius 1 is 0.968 bits per heavy atom. The zero-order valence-electron chi connectivity index (χ0n) is 18.6. The highest BCUT2D eigenvalue weighted by Crippen LogP contribution is 2.11. The Labute approximate surface area is 203 Å². The first-order valence-corrected chi connectivity index (χ1v) is 10.9. The predicted molar refractivity (Wildman–Crippen MR) is 137 cm³/mol. The van der Waals surface area contributed by atoms with Gasteiger partial charge < -0.3 is 15.5 Å². The Hall–Kier alpha value is -1.71. The summed E-state index contributed by atoms with van der Waals surface area (Å²) >= 11 is 0. The topological polar surface area (TPSA) is 42.9 Å². The minimum absolute atomic E-state index is 0. The standard InChI is InChI=1S/C24H34FN5.HI/c1-3-26-24(28-18-22-7-4-5-8-23(22)25)27-17-20-9-11-21(12-10-20)19-30-14-6-13-29(2)15-16-30;/h4-5,7-12H,3,6,13-19H2,1-2H3,(H2,26,27,28);1H. The van der Waals surface area contributed by atoms with Crippen molar-refractivity contribution in [2.75, 3.05) is 39.8 Å². The third kappa shape index (κ3) is 8.74. The Balaban J connectivity index is 0.00000341. The molecule has 0 radical (unpaired) electrons. The van der Waals surface area contributed by atoms with Gasteiger partial charge in [0.2, 0.25) is 0 Å². The van der Waals surface area contributed by atoms with Gasteiger partial charge >= 0.3 is 0 Å². The van der Waals surface area contributed by atoms with Crippen molar-refractivity contribution in [1.82, 2.24) is 20.4 Å². The van der Waals surface area contributed by atoms with Crippen LogP contribution in [-0.4, -0.2) is 55.5 Å². The number of hydrogen-bond acceptors (Lipinski definition) is 3. The Morgan fingerprint density at radius 3 is 2.45 bits per heavy atom.